The van der Waals surface area contributed by atoms with Crippen LogP contribution in [0.1, 0.15) is 45.6 Å². The van der Waals surface area contributed by atoms with Gasteiger partial charge in [-0.1, -0.05) is 35.6 Å². The second-order valence-corrected chi connectivity index (χ2v) is 15.4. The lowest BCUT2D eigenvalue weighted by molar-refractivity contribution is -0.137. The number of carbonyl (C=O) groups is 4. The van der Waals surface area contributed by atoms with Gasteiger partial charge in [-0.3, -0.25) is 19.2 Å². The largest absolute Gasteiger partial charge is 0.484 e. The molecule has 1 aromatic heterocycles. The van der Waals surface area contributed by atoms with Gasteiger partial charge in [0.2, 0.25) is 11.8 Å². The number of fused-ring (bicyclic) bond motifs is 9. The Balaban J connectivity index is 1.04. The fourth-order valence-corrected chi connectivity index (χ4v) is 11.5. The zero-order valence-corrected chi connectivity index (χ0v) is 29.0. The zero-order chi connectivity index (χ0) is 36.5. The number of hydrogen-bond acceptors (Lipinski definition) is 9. The summed E-state index contributed by atoms with van der Waals surface area (Å²) in [7, 11) is 0. The number of para-hydroxylation sites is 1. The number of esters is 1. The Labute approximate surface area is 302 Å². The van der Waals surface area contributed by atoms with Crippen LogP contribution in [-0.4, -0.2) is 47.1 Å². The topological polar surface area (TPSA) is 135 Å². The molecule has 4 aliphatic rings. The zero-order valence-electron chi connectivity index (χ0n) is 27.3. The molecule has 268 valence electrons. The molecule has 3 fully saturated rings. The fourth-order valence-electron chi connectivity index (χ4n) is 8.58. The van der Waals surface area contributed by atoms with E-state index in [1.165, 1.54) is 30.0 Å². The number of anilines is 2. The number of aromatic nitrogens is 1. The van der Waals surface area contributed by atoms with E-state index in [2.05, 4.69) is 10.3 Å². The van der Waals surface area contributed by atoms with Crippen molar-refractivity contribution in [3.05, 3.63) is 104 Å². The molecule has 2 aliphatic carbocycles. The van der Waals surface area contributed by atoms with Gasteiger partial charge < -0.3 is 19.8 Å². The highest BCUT2D eigenvalue weighted by Gasteiger charge is 2.70. The monoisotopic (exact) mass is 749 g/mol. The molecule has 15 heteroatoms. The molecule has 3 heterocycles. The summed E-state index contributed by atoms with van der Waals surface area (Å²) >= 11 is 2.55. The molecule has 0 radical (unpaired) electrons. The standard InChI is InChI=1S/C37H30F3N3O7S2/c1-2-49-35(47)17-10-12-19(13-11-17)41-25(44)16-50-20-7-5-6-18(14-20)26-27-21-15-22(30(27)51-32-31(26)52-36(48)42-32)29-28(21)33(45)43(34(29)46)24-9-4-3-8-23(24)37(38,39)40/h3-14,21-22,26-30H,2,15-16H2,1H3,(H,41,44)(H,42,48)/t21-,22-,26-,27?,28?,29?,30?/m1/s1. The van der Waals surface area contributed by atoms with Crippen molar-refractivity contribution in [1.82, 2.24) is 4.98 Å². The molecule has 3 aromatic carbocycles. The molecule has 4 unspecified atom stereocenters. The highest BCUT2D eigenvalue weighted by molar-refractivity contribution is 8.00. The van der Waals surface area contributed by atoms with Crippen LogP contribution < -0.4 is 19.8 Å². The molecule has 0 spiro atoms. The molecule has 4 aromatic rings. The number of benzene rings is 3. The van der Waals surface area contributed by atoms with Gasteiger partial charge in [-0.05, 0) is 85.2 Å². The molecule has 2 aliphatic heterocycles. The molecule has 52 heavy (non-hydrogen) atoms. The first kappa shape index (κ1) is 34.2. The quantitative estimate of drug-likeness (QED) is 0.158. The Morgan fingerprint density at radius 1 is 0.962 bits per heavy atom. The average Bonchev–Trinajstić information content (AvgIpc) is 3.86. The minimum absolute atomic E-state index is 0.172. The van der Waals surface area contributed by atoms with Gasteiger partial charge in [-0.15, -0.1) is 11.8 Å². The van der Waals surface area contributed by atoms with E-state index >= 15 is 0 Å². The second-order valence-electron chi connectivity index (χ2n) is 13.2. The van der Waals surface area contributed by atoms with Crippen LogP contribution in [0.15, 0.2) is 82.6 Å². The predicted octanol–water partition coefficient (Wildman–Crippen LogP) is 6.33. The minimum Gasteiger partial charge on any atom is -0.484 e. The summed E-state index contributed by atoms with van der Waals surface area (Å²) in [4.78, 5) is 69.5. The van der Waals surface area contributed by atoms with Crippen molar-refractivity contribution in [3.63, 3.8) is 0 Å². The number of thiazole rings is 1. The van der Waals surface area contributed by atoms with E-state index in [9.17, 15) is 37.1 Å². The first-order valence-electron chi connectivity index (χ1n) is 16.7. The molecule has 1 saturated heterocycles. The molecule has 3 amide bonds. The number of hydrogen-bond donors (Lipinski definition) is 2. The van der Waals surface area contributed by atoms with E-state index < -0.39 is 53.0 Å². The molecule has 2 N–H and O–H groups in total. The van der Waals surface area contributed by atoms with Crippen LogP contribution in [0.3, 0.4) is 0 Å². The molecule has 2 bridgehead atoms. The summed E-state index contributed by atoms with van der Waals surface area (Å²) in [5, 5.41) is 3.24. The second kappa shape index (κ2) is 13.0. The van der Waals surface area contributed by atoms with Crippen molar-refractivity contribution in [3.8, 4) is 5.75 Å². The number of carbonyl (C=O) groups excluding carboxylic acids is 4. The fraction of sp³-hybridized carbons (Fsp3) is 0.324. The number of thioether (sulfide) groups is 1. The van der Waals surface area contributed by atoms with Gasteiger partial charge in [0.25, 0.3) is 5.91 Å². The number of amides is 3. The maximum atomic E-state index is 14.0. The summed E-state index contributed by atoms with van der Waals surface area (Å²) < 4.78 is 52.9. The number of halogens is 3. The van der Waals surface area contributed by atoms with Crippen LogP contribution in [0.5, 0.6) is 5.75 Å². The Bertz CT molecular complexity index is 2170. The van der Waals surface area contributed by atoms with Crippen LogP contribution in [0.25, 0.3) is 0 Å². The Kier molecular flexibility index (Phi) is 8.52. The van der Waals surface area contributed by atoms with Gasteiger partial charge in [-0.2, -0.15) is 13.2 Å². The predicted molar refractivity (Wildman–Crippen MR) is 185 cm³/mol. The number of alkyl halides is 3. The van der Waals surface area contributed by atoms with E-state index in [1.807, 2.05) is 6.07 Å². The minimum atomic E-state index is -4.76. The Morgan fingerprint density at radius 3 is 2.42 bits per heavy atom. The number of imide groups is 1. The van der Waals surface area contributed by atoms with Crippen molar-refractivity contribution in [2.45, 2.75) is 35.7 Å². The Morgan fingerprint density at radius 2 is 1.69 bits per heavy atom. The van der Waals surface area contributed by atoms with E-state index in [4.69, 9.17) is 9.47 Å². The molecular formula is C37H30F3N3O7S2. The van der Waals surface area contributed by atoms with E-state index in [-0.39, 0.29) is 47.0 Å². The molecular weight excluding hydrogens is 720 g/mol. The van der Waals surface area contributed by atoms with Crippen molar-refractivity contribution < 1.29 is 41.8 Å². The lowest BCUT2D eigenvalue weighted by Gasteiger charge is -2.43. The molecule has 10 nitrogen and oxygen atoms in total. The van der Waals surface area contributed by atoms with Crippen LogP contribution in [0.4, 0.5) is 24.5 Å². The maximum Gasteiger partial charge on any atom is 0.418 e. The maximum absolute atomic E-state index is 14.0. The summed E-state index contributed by atoms with van der Waals surface area (Å²) in [6.07, 6.45) is -4.19. The highest BCUT2D eigenvalue weighted by Crippen LogP contribution is 2.69. The van der Waals surface area contributed by atoms with Crippen LogP contribution in [0, 0.1) is 29.6 Å². The summed E-state index contributed by atoms with van der Waals surface area (Å²) in [6.45, 7) is 1.63. The van der Waals surface area contributed by atoms with Gasteiger partial charge in [0.15, 0.2) is 6.61 Å². The summed E-state index contributed by atoms with van der Waals surface area (Å²) in [6, 6.07) is 18.1. The number of H-pyrrole nitrogens is 1. The van der Waals surface area contributed by atoms with Gasteiger partial charge >= 0.3 is 17.0 Å². The lowest BCUT2D eigenvalue weighted by atomic mass is 9.68. The van der Waals surface area contributed by atoms with E-state index in [1.54, 1.807) is 49.4 Å². The lowest BCUT2D eigenvalue weighted by Crippen LogP contribution is -2.42. The first-order chi connectivity index (χ1) is 24.9. The normalized spacial score (nSPS) is 25.8. The van der Waals surface area contributed by atoms with Crippen LogP contribution in [-0.2, 0) is 25.3 Å². The average molecular weight is 750 g/mol. The van der Waals surface area contributed by atoms with Crippen LogP contribution in [0.2, 0.25) is 0 Å². The molecule has 2 saturated carbocycles. The number of nitrogens with zero attached hydrogens (tertiary/aromatic N) is 1. The summed E-state index contributed by atoms with van der Waals surface area (Å²) in [5.41, 5.74) is 0.124. The van der Waals surface area contributed by atoms with Crippen LogP contribution >= 0.6 is 23.1 Å². The molecule has 8 rings (SSSR count). The van der Waals surface area contributed by atoms with Gasteiger partial charge in [-0.25, -0.2) is 9.69 Å². The van der Waals surface area contributed by atoms with E-state index in [0.29, 0.717) is 28.4 Å². The third-order valence-corrected chi connectivity index (χ3v) is 13.0. The van der Waals surface area contributed by atoms with Crippen molar-refractivity contribution in [2.24, 2.45) is 29.6 Å². The van der Waals surface area contributed by atoms with Gasteiger partial charge in [0.05, 0.1) is 40.3 Å². The first-order valence-corrected chi connectivity index (χ1v) is 18.4. The summed E-state index contributed by atoms with van der Waals surface area (Å²) in [5.74, 6) is -4.42. The Hall–Kier alpha value is -4.89. The van der Waals surface area contributed by atoms with E-state index in [0.717, 1.165) is 32.7 Å². The van der Waals surface area contributed by atoms with Gasteiger partial charge in [0, 0.05) is 21.7 Å². The molecule has 7 atom stereocenters. The van der Waals surface area contributed by atoms with Crippen molar-refractivity contribution in [1.29, 1.82) is 0 Å². The third-order valence-electron chi connectivity index (χ3n) is 10.4. The van der Waals surface area contributed by atoms with Crippen molar-refractivity contribution in [2.75, 3.05) is 23.4 Å². The SMILES string of the molecule is CCOC(=O)c1ccc(NC(=O)COc2cccc([C@H]3c4sc(=O)[nH]c4SC4C3[C@H]3C[C@@H]4C4C(=O)N(c5ccccc5C(F)(F)F)C(=O)C43)c2)cc1. The number of aromatic amines is 1. The number of rotatable bonds is 8. The number of ether oxygens (including phenoxy) is 2. The number of nitrogens with one attached hydrogen (secondary N) is 2. The van der Waals surface area contributed by atoms with Gasteiger partial charge in [0.1, 0.15) is 5.75 Å². The third kappa shape index (κ3) is 5.70. The smallest absolute Gasteiger partial charge is 0.418 e. The van der Waals surface area contributed by atoms with Crippen molar-refractivity contribution >= 4 is 58.2 Å². The highest BCUT2D eigenvalue weighted by atomic mass is 32.2.